The van der Waals surface area contributed by atoms with Gasteiger partial charge in [-0.2, -0.15) is 12.7 Å². The summed E-state index contributed by atoms with van der Waals surface area (Å²) in [5.41, 5.74) is 1.94. The van der Waals surface area contributed by atoms with Crippen molar-refractivity contribution in [3.8, 4) is 5.88 Å². The van der Waals surface area contributed by atoms with Crippen molar-refractivity contribution in [3.05, 3.63) is 53.2 Å². The molecule has 3 N–H and O–H groups in total. The number of anilines is 1. The fourth-order valence-corrected chi connectivity index (χ4v) is 4.59. The van der Waals surface area contributed by atoms with E-state index in [0.29, 0.717) is 11.6 Å². The normalized spacial score (nSPS) is 16.3. The number of carbonyl (C=O) groups excluding carboxylic acids is 1. The van der Waals surface area contributed by atoms with E-state index in [0.717, 1.165) is 21.1 Å². The maximum atomic E-state index is 13.6. The first kappa shape index (κ1) is 23.2. The first-order valence-corrected chi connectivity index (χ1v) is 11.8. The zero-order valence-electron chi connectivity index (χ0n) is 18.5. The molecule has 1 saturated heterocycles. The van der Waals surface area contributed by atoms with Crippen LogP contribution >= 0.6 is 0 Å². The topological polar surface area (TPSA) is 115 Å². The minimum Gasteiger partial charge on any atom is -0.473 e. The third kappa shape index (κ3) is 4.73. The molecule has 0 spiro atoms. The number of aromatic nitrogens is 1. The predicted molar refractivity (Wildman–Crippen MR) is 120 cm³/mol. The molecule has 1 amide bonds. The van der Waals surface area contributed by atoms with Crippen molar-refractivity contribution >= 4 is 21.8 Å². The molecule has 8 nitrogen and oxygen atoms in total. The zero-order chi connectivity index (χ0) is 23.0. The molecule has 0 saturated carbocycles. The molecule has 31 heavy (non-hydrogen) atoms. The molecule has 0 aliphatic carbocycles. The Morgan fingerprint density at radius 1 is 1.16 bits per heavy atom. The number of nitrogens with zero attached hydrogens (tertiary/aromatic N) is 2. The van der Waals surface area contributed by atoms with Crippen LogP contribution in [0.1, 0.15) is 50.4 Å². The van der Waals surface area contributed by atoms with Gasteiger partial charge in [-0.1, -0.05) is 38.1 Å². The van der Waals surface area contributed by atoms with E-state index in [-0.39, 0.29) is 31.0 Å². The van der Waals surface area contributed by atoms with Crippen LogP contribution < -0.4 is 15.2 Å². The lowest BCUT2D eigenvalue weighted by atomic mass is 9.71. The summed E-state index contributed by atoms with van der Waals surface area (Å²) >= 11 is 0. The smallest absolute Gasteiger partial charge is 0.276 e. The third-order valence-corrected chi connectivity index (χ3v) is 6.36. The fourth-order valence-electron chi connectivity index (χ4n) is 3.79. The number of amides is 1. The quantitative estimate of drug-likeness (QED) is 0.679. The number of rotatable bonds is 7. The van der Waals surface area contributed by atoms with Gasteiger partial charge in [0.15, 0.2) is 0 Å². The van der Waals surface area contributed by atoms with Gasteiger partial charge in [0.25, 0.3) is 10.2 Å². The number of hydrogen-bond acceptors (Lipinski definition) is 5. The van der Waals surface area contributed by atoms with Crippen LogP contribution in [-0.4, -0.2) is 42.8 Å². The summed E-state index contributed by atoms with van der Waals surface area (Å²) in [6.07, 6.45) is -0.123. The molecule has 1 aliphatic heterocycles. The first-order chi connectivity index (χ1) is 14.4. The van der Waals surface area contributed by atoms with E-state index in [1.807, 2.05) is 58.9 Å². The maximum Gasteiger partial charge on any atom is 0.276 e. The lowest BCUT2D eigenvalue weighted by Crippen LogP contribution is -2.67. The molecule has 2 aromatic rings. The number of hydrogen-bond donors (Lipinski definition) is 2. The Labute approximate surface area is 184 Å². The van der Waals surface area contributed by atoms with E-state index >= 15 is 0 Å². The van der Waals surface area contributed by atoms with Crippen molar-refractivity contribution in [2.24, 2.45) is 5.14 Å². The molecule has 1 aromatic heterocycles. The maximum absolute atomic E-state index is 13.6. The summed E-state index contributed by atoms with van der Waals surface area (Å²) in [4.78, 5) is 18.0. The molecule has 168 valence electrons. The molecule has 2 heterocycles. The van der Waals surface area contributed by atoms with Crippen LogP contribution in [0.3, 0.4) is 0 Å². The molecular weight excluding hydrogens is 416 g/mol. The van der Waals surface area contributed by atoms with Crippen molar-refractivity contribution < 1.29 is 17.9 Å². The van der Waals surface area contributed by atoms with Gasteiger partial charge in [0, 0.05) is 18.8 Å². The Bertz CT molecular complexity index is 1080. The third-order valence-electron chi connectivity index (χ3n) is 5.38. The lowest BCUT2D eigenvalue weighted by Gasteiger charge is -2.48. The molecule has 1 aromatic carbocycles. The van der Waals surface area contributed by atoms with Gasteiger partial charge in [-0.3, -0.25) is 4.79 Å². The van der Waals surface area contributed by atoms with E-state index in [1.54, 1.807) is 12.1 Å². The summed E-state index contributed by atoms with van der Waals surface area (Å²) < 4.78 is 30.7. The zero-order valence-corrected chi connectivity index (χ0v) is 19.4. The van der Waals surface area contributed by atoms with Crippen molar-refractivity contribution in [1.82, 2.24) is 9.29 Å². The Kier molecular flexibility index (Phi) is 6.40. The molecule has 3 rings (SSSR count). The predicted octanol–water partition coefficient (Wildman–Crippen LogP) is 2.70. The SMILES string of the molecule is Cc1ccc(NC(=O)C2(c3ccccc3C(C)C)CN(S(N)(=O)=O)C2)c(OC(C)C)n1. The standard InChI is InChI=1S/C22H30N4O4S/c1-14(2)17-8-6-7-9-18(17)22(12-26(13-22)31(23,28)29)21(27)25-19-11-10-16(5)24-20(19)30-15(3)4/h6-11,14-15H,12-13H2,1-5H3,(H,25,27)(H2,23,28,29). The summed E-state index contributed by atoms with van der Waals surface area (Å²) in [6, 6.07) is 11.2. The van der Waals surface area contributed by atoms with Crippen molar-refractivity contribution in [1.29, 1.82) is 0 Å². The highest BCUT2D eigenvalue weighted by atomic mass is 32.2. The summed E-state index contributed by atoms with van der Waals surface area (Å²) in [6.45, 7) is 9.63. The van der Waals surface area contributed by atoms with E-state index < -0.39 is 15.6 Å². The van der Waals surface area contributed by atoms with Crippen LogP contribution in [0.15, 0.2) is 36.4 Å². The second-order valence-corrected chi connectivity index (χ2v) is 10.1. The molecule has 1 aliphatic rings. The second kappa shape index (κ2) is 8.57. The van der Waals surface area contributed by atoms with Gasteiger partial charge < -0.3 is 10.1 Å². The fraction of sp³-hybridized carbons (Fsp3) is 0.455. The number of pyridine rings is 1. The second-order valence-electron chi connectivity index (χ2n) is 8.56. The Hall–Kier alpha value is -2.49. The summed E-state index contributed by atoms with van der Waals surface area (Å²) in [7, 11) is -3.90. The number of aryl methyl sites for hydroxylation is 1. The molecular formula is C22H30N4O4S. The van der Waals surface area contributed by atoms with Crippen LogP contribution in [0, 0.1) is 6.92 Å². The van der Waals surface area contributed by atoms with E-state index in [9.17, 15) is 13.2 Å². The van der Waals surface area contributed by atoms with E-state index in [2.05, 4.69) is 10.3 Å². The van der Waals surface area contributed by atoms with Crippen LogP contribution in [-0.2, 0) is 20.4 Å². The largest absolute Gasteiger partial charge is 0.473 e. The average Bonchev–Trinajstić information content (AvgIpc) is 2.62. The van der Waals surface area contributed by atoms with Crippen LogP contribution in [0.2, 0.25) is 0 Å². The lowest BCUT2D eigenvalue weighted by molar-refractivity contribution is -0.125. The molecule has 0 unspecified atom stereocenters. The van der Waals surface area contributed by atoms with Gasteiger partial charge in [0.1, 0.15) is 11.1 Å². The van der Waals surface area contributed by atoms with Gasteiger partial charge in [-0.25, -0.2) is 10.1 Å². The Morgan fingerprint density at radius 3 is 2.39 bits per heavy atom. The molecule has 0 bridgehead atoms. The van der Waals surface area contributed by atoms with Crippen LogP contribution in [0.4, 0.5) is 5.69 Å². The first-order valence-electron chi connectivity index (χ1n) is 10.3. The van der Waals surface area contributed by atoms with Gasteiger partial charge in [-0.15, -0.1) is 0 Å². The van der Waals surface area contributed by atoms with Crippen LogP contribution in [0.25, 0.3) is 0 Å². The highest BCUT2D eigenvalue weighted by Crippen LogP contribution is 2.41. The molecule has 0 atom stereocenters. The number of nitrogens with two attached hydrogens (primary N) is 1. The number of benzene rings is 1. The number of nitrogens with one attached hydrogen (secondary N) is 1. The van der Waals surface area contributed by atoms with Crippen molar-refractivity contribution in [2.45, 2.75) is 52.1 Å². The van der Waals surface area contributed by atoms with Crippen molar-refractivity contribution in [2.75, 3.05) is 18.4 Å². The summed E-state index contributed by atoms with van der Waals surface area (Å²) in [5, 5.41) is 8.26. The van der Waals surface area contributed by atoms with Gasteiger partial charge in [0.2, 0.25) is 11.8 Å². The van der Waals surface area contributed by atoms with E-state index in [1.165, 1.54) is 0 Å². The molecule has 1 fully saturated rings. The highest BCUT2D eigenvalue weighted by Gasteiger charge is 2.55. The Balaban J connectivity index is 2.02. The van der Waals surface area contributed by atoms with Gasteiger partial charge in [0.05, 0.1) is 6.10 Å². The van der Waals surface area contributed by atoms with Crippen molar-refractivity contribution in [3.63, 3.8) is 0 Å². The van der Waals surface area contributed by atoms with Gasteiger partial charge in [-0.05, 0) is 49.9 Å². The van der Waals surface area contributed by atoms with E-state index in [4.69, 9.17) is 9.88 Å². The molecule has 0 radical (unpaired) electrons. The number of ether oxygens (including phenoxy) is 1. The molecule has 9 heteroatoms. The monoisotopic (exact) mass is 446 g/mol. The van der Waals surface area contributed by atoms with Gasteiger partial charge >= 0.3 is 0 Å². The number of carbonyl (C=O) groups is 1. The summed E-state index contributed by atoms with van der Waals surface area (Å²) in [5.74, 6) is 0.170. The Morgan fingerprint density at radius 2 is 1.81 bits per heavy atom. The minimum atomic E-state index is -3.90. The minimum absolute atomic E-state index is 0.0267. The average molecular weight is 447 g/mol. The van der Waals surface area contributed by atoms with Crippen LogP contribution in [0.5, 0.6) is 5.88 Å². The highest BCUT2D eigenvalue weighted by molar-refractivity contribution is 7.86.